The molecule has 2 N–H and O–H groups in total. The highest BCUT2D eigenvalue weighted by molar-refractivity contribution is 9.10. The molecular formula is C9H8BrNO2S. The average molecular weight is 274 g/mol. The van der Waals surface area contributed by atoms with Crippen molar-refractivity contribution < 1.29 is 8.76 Å². The van der Waals surface area contributed by atoms with E-state index in [1.807, 2.05) is 19.1 Å². The Morgan fingerprint density at radius 1 is 1.50 bits per heavy atom. The number of hydrogen-bond acceptors (Lipinski definition) is 1. The molecule has 0 radical (unpaired) electrons. The highest BCUT2D eigenvalue weighted by Gasteiger charge is 2.10. The van der Waals surface area contributed by atoms with E-state index in [9.17, 15) is 4.21 Å². The van der Waals surface area contributed by atoms with Crippen molar-refractivity contribution in [1.82, 2.24) is 4.98 Å². The molecular weight excluding hydrogens is 266 g/mol. The van der Waals surface area contributed by atoms with Gasteiger partial charge in [0.25, 0.3) is 0 Å². The highest BCUT2D eigenvalue weighted by atomic mass is 79.9. The average Bonchev–Trinajstić information content (AvgIpc) is 2.55. The number of aromatic nitrogens is 1. The van der Waals surface area contributed by atoms with Crippen LogP contribution in [0.25, 0.3) is 10.9 Å². The van der Waals surface area contributed by atoms with Crippen molar-refractivity contribution in [2.75, 3.05) is 0 Å². The maximum atomic E-state index is 11.0. The minimum atomic E-state index is -1.93. The van der Waals surface area contributed by atoms with Crippen LogP contribution < -0.4 is 0 Å². The molecule has 1 aromatic carbocycles. The van der Waals surface area contributed by atoms with Gasteiger partial charge in [0.1, 0.15) is 0 Å². The second-order valence-corrected chi connectivity index (χ2v) is 4.79. The molecule has 0 amide bonds. The Morgan fingerprint density at radius 2 is 2.21 bits per heavy atom. The minimum Gasteiger partial charge on any atom is -0.360 e. The molecule has 0 saturated carbocycles. The Kier molecular flexibility index (Phi) is 2.47. The zero-order valence-electron chi connectivity index (χ0n) is 7.37. The van der Waals surface area contributed by atoms with Crippen LogP contribution in [-0.2, 0) is 11.1 Å². The third kappa shape index (κ3) is 1.41. The number of aryl methyl sites for hydroxylation is 1. The molecule has 2 rings (SSSR count). The lowest BCUT2D eigenvalue weighted by Crippen LogP contribution is -1.85. The first kappa shape index (κ1) is 9.89. The highest BCUT2D eigenvalue weighted by Crippen LogP contribution is 2.28. The Balaban J connectivity index is 2.83. The molecule has 1 aromatic heterocycles. The van der Waals surface area contributed by atoms with Gasteiger partial charge in [-0.25, -0.2) is 4.21 Å². The zero-order valence-corrected chi connectivity index (χ0v) is 9.78. The monoisotopic (exact) mass is 273 g/mol. The first-order valence-electron chi connectivity index (χ1n) is 3.98. The summed E-state index contributed by atoms with van der Waals surface area (Å²) in [5.74, 6) is 0. The molecule has 14 heavy (non-hydrogen) atoms. The van der Waals surface area contributed by atoms with Crippen LogP contribution in [0.4, 0.5) is 0 Å². The molecule has 0 fully saturated rings. The topological polar surface area (TPSA) is 53.1 Å². The van der Waals surface area contributed by atoms with Gasteiger partial charge >= 0.3 is 0 Å². The Labute approximate surface area is 91.9 Å². The molecule has 0 saturated heterocycles. The van der Waals surface area contributed by atoms with Gasteiger partial charge in [0, 0.05) is 16.1 Å². The van der Waals surface area contributed by atoms with Crippen molar-refractivity contribution in [2.45, 2.75) is 11.8 Å². The van der Waals surface area contributed by atoms with Gasteiger partial charge in [0.15, 0.2) is 11.1 Å². The van der Waals surface area contributed by atoms with Crippen LogP contribution in [0.3, 0.4) is 0 Å². The van der Waals surface area contributed by atoms with Crippen molar-refractivity contribution in [3.63, 3.8) is 0 Å². The Hall–Kier alpha value is -0.650. The van der Waals surface area contributed by atoms with Crippen LogP contribution in [0.1, 0.15) is 5.56 Å². The van der Waals surface area contributed by atoms with E-state index in [-0.39, 0.29) is 0 Å². The molecule has 0 bridgehead atoms. The van der Waals surface area contributed by atoms with Crippen molar-refractivity contribution in [3.05, 3.63) is 28.4 Å². The molecule has 0 aliphatic carbocycles. The van der Waals surface area contributed by atoms with Crippen LogP contribution in [0.15, 0.2) is 27.7 Å². The molecule has 1 unspecified atom stereocenters. The van der Waals surface area contributed by atoms with E-state index in [1.165, 1.54) is 0 Å². The second-order valence-electron chi connectivity index (χ2n) is 3.00. The zero-order chi connectivity index (χ0) is 10.3. The van der Waals surface area contributed by atoms with E-state index in [1.54, 1.807) is 6.20 Å². The smallest absolute Gasteiger partial charge is 0.188 e. The molecule has 1 heterocycles. The van der Waals surface area contributed by atoms with Gasteiger partial charge in [-0.3, -0.25) is 0 Å². The summed E-state index contributed by atoms with van der Waals surface area (Å²) < 4.78 is 21.0. The summed E-state index contributed by atoms with van der Waals surface area (Å²) in [6.07, 6.45) is 1.57. The number of fused-ring (bicyclic) bond motifs is 1. The van der Waals surface area contributed by atoms with E-state index in [0.717, 1.165) is 20.9 Å². The van der Waals surface area contributed by atoms with Gasteiger partial charge in [-0.15, -0.1) is 0 Å². The van der Waals surface area contributed by atoms with Crippen molar-refractivity contribution in [1.29, 1.82) is 0 Å². The molecule has 0 spiro atoms. The SMILES string of the molecule is Cc1c(Br)ccc2c(S(=O)O)c[nH]c12. The van der Waals surface area contributed by atoms with E-state index in [2.05, 4.69) is 20.9 Å². The predicted octanol–water partition coefficient (Wildman–Crippen LogP) is 2.82. The van der Waals surface area contributed by atoms with Crippen LogP contribution in [0.5, 0.6) is 0 Å². The quantitative estimate of drug-likeness (QED) is 0.786. The number of halogens is 1. The van der Waals surface area contributed by atoms with Gasteiger partial charge in [-0.2, -0.15) is 0 Å². The standard InChI is InChI=1S/C9H8BrNO2S/c1-5-7(10)3-2-6-8(14(12)13)4-11-9(5)6/h2-4,11H,1H3,(H,12,13). The largest absolute Gasteiger partial charge is 0.360 e. The van der Waals surface area contributed by atoms with Crippen LogP contribution in [0.2, 0.25) is 0 Å². The van der Waals surface area contributed by atoms with E-state index in [0.29, 0.717) is 4.90 Å². The van der Waals surface area contributed by atoms with Gasteiger partial charge in [0.05, 0.1) is 10.4 Å². The minimum absolute atomic E-state index is 0.426. The van der Waals surface area contributed by atoms with Gasteiger partial charge < -0.3 is 9.54 Å². The van der Waals surface area contributed by atoms with E-state index < -0.39 is 11.1 Å². The molecule has 5 heteroatoms. The molecule has 1 atom stereocenters. The number of rotatable bonds is 1. The molecule has 0 aliphatic rings. The molecule has 0 aliphatic heterocycles. The van der Waals surface area contributed by atoms with Crippen LogP contribution >= 0.6 is 15.9 Å². The summed E-state index contributed by atoms with van der Waals surface area (Å²) in [7, 11) is 0. The Morgan fingerprint density at radius 3 is 2.86 bits per heavy atom. The van der Waals surface area contributed by atoms with Crippen LogP contribution in [0, 0.1) is 6.92 Å². The maximum Gasteiger partial charge on any atom is 0.188 e. The van der Waals surface area contributed by atoms with Crippen molar-refractivity contribution in [3.8, 4) is 0 Å². The van der Waals surface area contributed by atoms with Crippen LogP contribution in [-0.4, -0.2) is 13.7 Å². The first-order valence-corrected chi connectivity index (χ1v) is 5.88. The van der Waals surface area contributed by atoms with Gasteiger partial charge in [-0.05, 0) is 18.6 Å². The molecule has 74 valence electrons. The lowest BCUT2D eigenvalue weighted by atomic mass is 10.2. The summed E-state index contributed by atoms with van der Waals surface area (Å²) in [4.78, 5) is 3.42. The third-order valence-corrected chi connectivity index (χ3v) is 3.77. The second kappa shape index (κ2) is 3.49. The predicted molar refractivity (Wildman–Crippen MR) is 59.8 cm³/mol. The third-order valence-electron chi connectivity index (χ3n) is 2.20. The fourth-order valence-electron chi connectivity index (χ4n) is 1.44. The number of benzene rings is 1. The van der Waals surface area contributed by atoms with Crippen molar-refractivity contribution in [2.24, 2.45) is 0 Å². The fourth-order valence-corrected chi connectivity index (χ4v) is 2.29. The number of nitrogens with one attached hydrogen (secondary N) is 1. The summed E-state index contributed by atoms with van der Waals surface area (Å²) in [6.45, 7) is 1.95. The molecule has 3 nitrogen and oxygen atoms in total. The lowest BCUT2D eigenvalue weighted by Gasteiger charge is -1.99. The summed E-state index contributed by atoms with van der Waals surface area (Å²) in [6, 6.07) is 3.70. The molecule has 2 aromatic rings. The lowest BCUT2D eigenvalue weighted by molar-refractivity contribution is 0.565. The summed E-state index contributed by atoms with van der Waals surface area (Å²) in [5, 5.41) is 0.798. The Bertz CT molecular complexity index is 521. The first-order chi connectivity index (χ1) is 6.61. The maximum absolute atomic E-state index is 11.0. The van der Waals surface area contributed by atoms with Crippen molar-refractivity contribution >= 4 is 37.9 Å². The normalized spacial score (nSPS) is 13.4. The van der Waals surface area contributed by atoms with Gasteiger partial charge in [0.2, 0.25) is 0 Å². The fraction of sp³-hybridized carbons (Fsp3) is 0.111. The number of aromatic amines is 1. The number of hydrogen-bond donors (Lipinski definition) is 2. The van der Waals surface area contributed by atoms with E-state index in [4.69, 9.17) is 4.55 Å². The summed E-state index contributed by atoms with van der Waals surface area (Å²) in [5.41, 5.74) is 1.94. The van der Waals surface area contributed by atoms with Gasteiger partial charge in [-0.1, -0.05) is 22.0 Å². The summed E-state index contributed by atoms with van der Waals surface area (Å²) >= 11 is 1.47. The number of H-pyrrole nitrogens is 1. The van der Waals surface area contributed by atoms with E-state index >= 15 is 0 Å².